The molecule has 2 aromatic rings. The summed E-state index contributed by atoms with van der Waals surface area (Å²) in [6, 6.07) is 13.4. The van der Waals surface area contributed by atoms with Crippen molar-refractivity contribution in [2.24, 2.45) is 34.7 Å². The minimum Gasteiger partial charge on any atom is -0.391 e. The van der Waals surface area contributed by atoms with E-state index in [-0.39, 0.29) is 47.5 Å². The highest BCUT2D eigenvalue weighted by molar-refractivity contribution is 6.30. The van der Waals surface area contributed by atoms with Crippen LogP contribution >= 0.6 is 11.6 Å². The monoisotopic (exact) mass is 420 g/mol. The Hall–Kier alpha value is -2.66. The maximum Gasteiger partial charge on any atom is 0.238 e. The molecule has 2 aliphatic carbocycles. The van der Waals surface area contributed by atoms with Gasteiger partial charge in [-0.1, -0.05) is 47.1 Å². The lowest BCUT2D eigenvalue weighted by molar-refractivity contribution is -0.125. The lowest BCUT2D eigenvalue weighted by atomic mass is 9.71. The van der Waals surface area contributed by atoms with E-state index in [1.807, 2.05) is 56.3 Å². The molecule has 30 heavy (non-hydrogen) atoms. The van der Waals surface area contributed by atoms with E-state index >= 15 is 0 Å². The Kier molecular flexibility index (Phi) is 3.73. The van der Waals surface area contributed by atoms with Gasteiger partial charge in [-0.2, -0.15) is 0 Å². The molecule has 6 rings (SSSR count). The van der Waals surface area contributed by atoms with Crippen LogP contribution in [0.3, 0.4) is 0 Å². The smallest absolute Gasteiger partial charge is 0.238 e. The molecule has 3 fully saturated rings. The first-order chi connectivity index (χ1) is 14.5. The van der Waals surface area contributed by atoms with Gasteiger partial charge >= 0.3 is 0 Å². The van der Waals surface area contributed by atoms with Crippen molar-refractivity contribution in [3.8, 4) is 0 Å². The van der Waals surface area contributed by atoms with Crippen LogP contribution in [-0.4, -0.2) is 23.6 Å². The van der Waals surface area contributed by atoms with Crippen LogP contribution in [0.4, 0.5) is 5.69 Å². The SMILES string of the molecule is Cc1cccc(C)c1N1C(=O)[C@@H]2[C@@H]3C[C@@H]([C@H]4ON=C(c5ccc(Cl)cc5)[C@H]34)[C@@H]2C1=O. The molecule has 0 radical (unpaired) electrons. The molecule has 0 aromatic heterocycles. The zero-order valence-electron chi connectivity index (χ0n) is 16.7. The summed E-state index contributed by atoms with van der Waals surface area (Å²) in [6.07, 6.45) is 0.714. The average molecular weight is 421 g/mol. The number of fused-ring (bicyclic) bond motifs is 8. The number of aryl methyl sites for hydroxylation is 2. The van der Waals surface area contributed by atoms with Crippen LogP contribution in [0.15, 0.2) is 47.6 Å². The summed E-state index contributed by atoms with van der Waals surface area (Å²) in [5, 5.41) is 5.05. The number of anilines is 1. The lowest BCUT2D eigenvalue weighted by Crippen LogP contribution is -2.41. The van der Waals surface area contributed by atoms with Gasteiger partial charge in [0.25, 0.3) is 0 Å². The largest absolute Gasteiger partial charge is 0.391 e. The van der Waals surface area contributed by atoms with Crippen molar-refractivity contribution < 1.29 is 14.4 Å². The van der Waals surface area contributed by atoms with Crippen LogP contribution in [0.25, 0.3) is 0 Å². The van der Waals surface area contributed by atoms with E-state index in [4.69, 9.17) is 16.4 Å². The normalized spacial score (nSPS) is 33.6. The van der Waals surface area contributed by atoms with E-state index in [0.29, 0.717) is 5.02 Å². The Morgan fingerprint density at radius 2 is 1.57 bits per heavy atom. The van der Waals surface area contributed by atoms with E-state index in [1.54, 1.807) is 0 Å². The average Bonchev–Trinajstić information content (AvgIpc) is 3.45. The van der Waals surface area contributed by atoms with Crippen molar-refractivity contribution in [2.75, 3.05) is 4.90 Å². The summed E-state index contributed by atoms with van der Waals surface area (Å²) in [5.41, 5.74) is 4.50. The van der Waals surface area contributed by atoms with Gasteiger partial charge in [-0.3, -0.25) is 9.59 Å². The minimum absolute atomic E-state index is 0.0318. The predicted molar refractivity (Wildman–Crippen MR) is 113 cm³/mol. The first kappa shape index (κ1) is 18.1. The van der Waals surface area contributed by atoms with Crippen molar-refractivity contribution in [2.45, 2.75) is 26.4 Å². The number of hydrogen-bond donors (Lipinski definition) is 0. The Labute approximate surface area is 179 Å². The third-order valence-corrected chi connectivity index (χ3v) is 7.75. The number of amides is 2. The number of imide groups is 1. The Balaban J connectivity index is 1.38. The Morgan fingerprint density at radius 1 is 0.933 bits per heavy atom. The predicted octanol–water partition coefficient (Wildman–Crippen LogP) is 4.13. The third-order valence-electron chi connectivity index (χ3n) is 7.49. The Bertz CT molecular complexity index is 1110. The fourth-order valence-corrected chi connectivity index (χ4v) is 6.49. The molecule has 0 unspecified atom stereocenters. The summed E-state index contributed by atoms with van der Waals surface area (Å²) in [6.45, 7) is 3.91. The van der Waals surface area contributed by atoms with Gasteiger partial charge < -0.3 is 4.84 Å². The molecule has 2 aliphatic heterocycles. The van der Waals surface area contributed by atoms with Crippen LogP contribution in [0.5, 0.6) is 0 Å². The van der Waals surface area contributed by atoms with Crippen molar-refractivity contribution in [1.29, 1.82) is 0 Å². The van der Waals surface area contributed by atoms with Crippen LogP contribution in [0.2, 0.25) is 5.02 Å². The second-order valence-corrected chi connectivity index (χ2v) is 9.38. The van der Waals surface area contributed by atoms with Gasteiger partial charge in [0.2, 0.25) is 11.8 Å². The molecule has 152 valence electrons. The summed E-state index contributed by atoms with van der Waals surface area (Å²) >= 11 is 6.04. The highest BCUT2D eigenvalue weighted by Crippen LogP contribution is 2.62. The zero-order valence-corrected chi connectivity index (χ0v) is 17.5. The molecule has 4 aliphatic rings. The summed E-state index contributed by atoms with van der Waals surface area (Å²) in [5.74, 6) is -0.568. The molecule has 6 atom stereocenters. The van der Waals surface area contributed by atoms with Gasteiger partial charge in [0.1, 0.15) is 6.10 Å². The molecule has 2 aromatic carbocycles. The van der Waals surface area contributed by atoms with Gasteiger partial charge in [-0.05, 0) is 55.0 Å². The number of halogens is 1. The van der Waals surface area contributed by atoms with E-state index in [2.05, 4.69) is 5.16 Å². The first-order valence-electron chi connectivity index (χ1n) is 10.4. The molecule has 1 saturated heterocycles. The van der Waals surface area contributed by atoms with Crippen molar-refractivity contribution in [3.05, 3.63) is 64.2 Å². The van der Waals surface area contributed by atoms with Crippen LogP contribution in [0.1, 0.15) is 23.1 Å². The van der Waals surface area contributed by atoms with E-state index < -0.39 is 0 Å². The number of para-hydroxylation sites is 1. The van der Waals surface area contributed by atoms with Crippen molar-refractivity contribution >= 4 is 34.8 Å². The molecule has 2 heterocycles. The fourth-order valence-electron chi connectivity index (χ4n) is 6.36. The van der Waals surface area contributed by atoms with Gasteiger partial charge in [0.05, 0.1) is 23.2 Å². The fraction of sp³-hybridized carbons (Fsp3) is 0.375. The number of oxime groups is 1. The molecule has 2 amide bonds. The highest BCUT2D eigenvalue weighted by atomic mass is 35.5. The highest BCUT2D eigenvalue weighted by Gasteiger charge is 2.70. The minimum atomic E-state index is -0.303. The number of carbonyl (C=O) groups is 2. The number of benzene rings is 2. The molecular weight excluding hydrogens is 400 g/mol. The molecule has 6 heteroatoms. The number of rotatable bonds is 2. The number of hydrogen-bond acceptors (Lipinski definition) is 4. The summed E-state index contributed by atoms with van der Waals surface area (Å²) in [4.78, 5) is 34.4. The number of carbonyl (C=O) groups excluding carboxylic acids is 2. The molecular formula is C24H21ClN2O3. The lowest BCUT2D eigenvalue weighted by Gasteiger charge is -2.29. The van der Waals surface area contributed by atoms with Gasteiger partial charge in [0, 0.05) is 16.9 Å². The quantitative estimate of drug-likeness (QED) is 0.686. The van der Waals surface area contributed by atoms with Gasteiger partial charge in [-0.25, -0.2) is 4.90 Å². The molecule has 0 spiro atoms. The first-order valence-corrected chi connectivity index (χ1v) is 10.8. The molecule has 5 nitrogen and oxygen atoms in total. The van der Waals surface area contributed by atoms with Gasteiger partial charge in [-0.15, -0.1) is 0 Å². The molecule has 2 bridgehead atoms. The molecule has 0 N–H and O–H groups in total. The summed E-state index contributed by atoms with van der Waals surface area (Å²) in [7, 11) is 0. The molecule has 2 saturated carbocycles. The zero-order chi connectivity index (χ0) is 20.7. The van der Waals surface area contributed by atoms with Crippen molar-refractivity contribution in [3.63, 3.8) is 0 Å². The van der Waals surface area contributed by atoms with Crippen molar-refractivity contribution in [1.82, 2.24) is 0 Å². The van der Waals surface area contributed by atoms with Gasteiger partial charge in [0.15, 0.2) is 0 Å². The topological polar surface area (TPSA) is 59.0 Å². The van der Waals surface area contributed by atoms with E-state index in [0.717, 1.165) is 34.5 Å². The second kappa shape index (κ2) is 6.17. The second-order valence-electron chi connectivity index (χ2n) is 8.95. The maximum atomic E-state index is 13.6. The Morgan fingerprint density at radius 3 is 2.23 bits per heavy atom. The maximum absolute atomic E-state index is 13.6. The summed E-state index contributed by atoms with van der Waals surface area (Å²) < 4.78 is 0. The standard InChI is InChI=1S/C24H21ClN2O3/c1-11-4-3-5-12(2)21(11)27-23(28)17-15-10-16(18(17)24(27)29)22-19(15)20(26-30-22)13-6-8-14(25)9-7-13/h3-9,15-19,22H,10H2,1-2H3/t15-,16+,17+,18-,19-,22+/m0/s1. The van der Waals surface area contributed by atoms with E-state index in [9.17, 15) is 9.59 Å². The van der Waals surface area contributed by atoms with Crippen LogP contribution in [0, 0.1) is 43.4 Å². The van der Waals surface area contributed by atoms with Crippen LogP contribution < -0.4 is 4.90 Å². The third kappa shape index (κ3) is 2.21. The van der Waals surface area contributed by atoms with E-state index in [1.165, 1.54) is 4.90 Å². The van der Waals surface area contributed by atoms with Crippen LogP contribution in [-0.2, 0) is 14.4 Å². The number of nitrogens with zero attached hydrogens (tertiary/aromatic N) is 2.